The molecule has 0 saturated heterocycles. The second kappa shape index (κ2) is 11.8. The zero-order valence-electron chi connectivity index (χ0n) is 19.0. The smallest absolute Gasteiger partial charge is 0.309 e. The number of carbonyl (C=O) groups is 3. The standard InChI is InChI=1S/C24H29NO7/c1-6-20(16(3)30-18-10-8-7-9-11-18)32-24(28)15(2)14-19(27)22-23(31-17(4)26)21(29-5)12-13-25-22/h7-13,15-16,20H,6,14H2,1-5H3/t15-,16+,20-/m1/s1. The van der Waals surface area contributed by atoms with Crippen molar-refractivity contribution >= 4 is 17.7 Å². The molecule has 1 aromatic heterocycles. The molecular weight excluding hydrogens is 414 g/mol. The summed E-state index contributed by atoms with van der Waals surface area (Å²) in [6.45, 7) is 6.53. The number of benzene rings is 1. The van der Waals surface area contributed by atoms with Crippen LogP contribution in [0, 0.1) is 5.92 Å². The fourth-order valence-corrected chi connectivity index (χ4v) is 3.06. The lowest BCUT2D eigenvalue weighted by Crippen LogP contribution is -2.35. The van der Waals surface area contributed by atoms with Gasteiger partial charge >= 0.3 is 11.9 Å². The molecule has 0 spiro atoms. The molecule has 0 radical (unpaired) electrons. The van der Waals surface area contributed by atoms with Gasteiger partial charge in [-0.15, -0.1) is 0 Å². The van der Waals surface area contributed by atoms with Gasteiger partial charge in [0.05, 0.1) is 13.0 Å². The normalized spacial score (nSPS) is 13.4. The van der Waals surface area contributed by atoms with Crippen LogP contribution in [-0.4, -0.2) is 42.0 Å². The van der Waals surface area contributed by atoms with Crippen molar-refractivity contribution in [2.45, 2.75) is 52.7 Å². The molecule has 0 unspecified atom stereocenters. The van der Waals surface area contributed by atoms with Crippen molar-refractivity contribution in [3.05, 3.63) is 48.3 Å². The summed E-state index contributed by atoms with van der Waals surface area (Å²) in [5, 5.41) is 0. The lowest BCUT2D eigenvalue weighted by atomic mass is 10.0. The summed E-state index contributed by atoms with van der Waals surface area (Å²) in [5.41, 5.74) is -0.0768. The zero-order chi connectivity index (χ0) is 23.7. The van der Waals surface area contributed by atoms with Crippen LogP contribution in [0.4, 0.5) is 0 Å². The third kappa shape index (κ3) is 6.80. The zero-order valence-corrected chi connectivity index (χ0v) is 19.0. The fourth-order valence-electron chi connectivity index (χ4n) is 3.06. The molecule has 0 aliphatic rings. The molecule has 1 heterocycles. The summed E-state index contributed by atoms with van der Waals surface area (Å²) in [6, 6.07) is 10.7. The summed E-state index contributed by atoms with van der Waals surface area (Å²) >= 11 is 0. The Morgan fingerprint density at radius 2 is 1.75 bits per heavy atom. The van der Waals surface area contributed by atoms with Gasteiger partial charge in [-0.1, -0.05) is 32.0 Å². The Bertz CT molecular complexity index is 929. The van der Waals surface area contributed by atoms with Crippen LogP contribution in [0.5, 0.6) is 17.2 Å². The molecule has 32 heavy (non-hydrogen) atoms. The number of para-hydroxylation sites is 1. The second-order valence-corrected chi connectivity index (χ2v) is 7.33. The van der Waals surface area contributed by atoms with Crippen molar-refractivity contribution in [1.29, 1.82) is 0 Å². The summed E-state index contributed by atoms with van der Waals surface area (Å²) in [4.78, 5) is 40.9. The number of Topliss-reactive ketones (excluding diaryl/α,β-unsaturated/α-hetero) is 1. The van der Waals surface area contributed by atoms with E-state index in [9.17, 15) is 14.4 Å². The quantitative estimate of drug-likeness (QED) is 0.379. The van der Waals surface area contributed by atoms with Crippen LogP contribution in [0.3, 0.4) is 0 Å². The van der Waals surface area contributed by atoms with E-state index in [4.69, 9.17) is 18.9 Å². The first-order chi connectivity index (χ1) is 15.3. The van der Waals surface area contributed by atoms with Crippen molar-refractivity contribution in [3.8, 4) is 17.2 Å². The summed E-state index contributed by atoms with van der Waals surface area (Å²) in [6.07, 6.45) is 0.904. The van der Waals surface area contributed by atoms with Crippen LogP contribution < -0.4 is 14.2 Å². The molecule has 3 atom stereocenters. The minimum absolute atomic E-state index is 0.0654. The minimum atomic E-state index is -0.737. The van der Waals surface area contributed by atoms with Crippen LogP contribution in [0.2, 0.25) is 0 Å². The number of rotatable bonds is 11. The highest BCUT2D eigenvalue weighted by molar-refractivity contribution is 5.99. The van der Waals surface area contributed by atoms with Gasteiger partial charge in [0.15, 0.2) is 17.2 Å². The topological polar surface area (TPSA) is 101 Å². The van der Waals surface area contributed by atoms with E-state index in [1.165, 1.54) is 26.3 Å². The largest absolute Gasteiger partial charge is 0.493 e. The molecule has 1 aromatic carbocycles. The van der Waals surface area contributed by atoms with E-state index in [-0.39, 0.29) is 29.7 Å². The minimum Gasteiger partial charge on any atom is -0.493 e. The molecule has 0 saturated carbocycles. The highest BCUT2D eigenvalue weighted by Gasteiger charge is 2.28. The first-order valence-corrected chi connectivity index (χ1v) is 10.4. The maximum atomic E-state index is 12.8. The van der Waals surface area contributed by atoms with E-state index >= 15 is 0 Å². The number of ether oxygens (including phenoxy) is 4. The number of carbonyl (C=O) groups excluding carboxylic acids is 3. The highest BCUT2D eigenvalue weighted by Crippen LogP contribution is 2.31. The van der Waals surface area contributed by atoms with Gasteiger partial charge in [-0.25, -0.2) is 4.98 Å². The number of nitrogens with zero attached hydrogens (tertiary/aromatic N) is 1. The van der Waals surface area contributed by atoms with Crippen LogP contribution in [0.15, 0.2) is 42.6 Å². The number of pyridine rings is 1. The summed E-state index contributed by atoms with van der Waals surface area (Å²) < 4.78 is 21.8. The molecule has 0 aliphatic carbocycles. The van der Waals surface area contributed by atoms with Crippen LogP contribution in [-0.2, 0) is 14.3 Å². The lowest BCUT2D eigenvalue weighted by Gasteiger charge is -2.25. The predicted molar refractivity (Wildman–Crippen MR) is 117 cm³/mol. The van der Waals surface area contributed by atoms with Gasteiger partial charge < -0.3 is 18.9 Å². The van der Waals surface area contributed by atoms with Gasteiger partial charge in [0.25, 0.3) is 0 Å². The predicted octanol–water partition coefficient (Wildman–Crippen LogP) is 4.01. The van der Waals surface area contributed by atoms with E-state index < -0.39 is 29.7 Å². The summed E-state index contributed by atoms with van der Waals surface area (Å²) in [7, 11) is 1.39. The maximum absolute atomic E-state index is 12.8. The Labute approximate surface area is 187 Å². The van der Waals surface area contributed by atoms with E-state index in [0.29, 0.717) is 12.2 Å². The molecule has 8 heteroatoms. The third-order valence-corrected chi connectivity index (χ3v) is 4.75. The average molecular weight is 443 g/mol. The van der Waals surface area contributed by atoms with Gasteiger partial charge in [0.2, 0.25) is 5.75 Å². The van der Waals surface area contributed by atoms with Gasteiger partial charge in [-0.05, 0) is 25.5 Å². The molecular formula is C24H29NO7. The van der Waals surface area contributed by atoms with Crippen LogP contribution >= 0.6 is 0 Å². The number of aromatic nitrogens is 1. The number of ketones is 1. The van der Waals surface area contributed by atoms with Gasteiger partial charge in [-0.3, -0.25) is 14.4 Å². The number of hydrogen-bond acceptors (Lipinski definition) is 8. The molecule has 0 fully saturated rings. The molecule has 0 bridgehead atoms. The molecule has 2 aromatic rings. The van der Waals surface area contributed by atoms with E-state index in [0.717, 1.165) is 0 Å². The first kappa shape index (κ1) is 24.8. The monoisotopic (exact) mass is 443 g/mol. The van der Waals surface area contributed by atoms with Gasteiger partial charge in [0, 0.05) is 25.6 Å². The van der Waals surface area contributed by atoms with E-state index in [1.54, 1.807) is 6.92 Å². The van der Waals surface area contributed by atoms with Gasteiger partial charge in [-0.2, -0.15) is 0 Å². The van der Waals surface area contributed by atoms with Crippen molar-refractivity contribution in [2.75, 3.05) is 7.11 Å². The SMILES string of the molecule is CC[C@@H](OC(=O)[C@H](C)CC(=O)c1nccc(OC)c1OC(C)=O)[C@H](C)Oc1ccccc1. The number of hydrogen-bond donors (Lipinski definition) is 0. The molecule has 172 valence electrons. The first-order valence-electron chi connectivity index (χ1n) is 10.4. The maximum Gasteiger partial charge on any atom is 0.309 e. The second-order valence-electron chi connectivity index (χ2n) is 7.33. The Kier molecular flexibility index (Phi) is 9.19. The molecule has 0 aliphatic heterocycles. The average Bonchev–Trinajstić information content (AvgIpc) is 2.77. The van der Waals surface area contributed by atoms with E-state index in [2.05, 4.69) is 4.98 Å². The Morgan fingerprint density at radius 1 is 1.06 bits per heavy atom. The highest BCUT2D eigenvalue weighted by atomic mass is 16.6. The summed E-state index contributed by atoms with van der Waals surface area (Å²) in [5.74, 6) is -1.53. The molecule has 2 rings (SSSR count). The van der Waals surface area contributed by atoms with Crippen LogP contribution in [0.25, 0.3) is 0 Å². The molecule has 8 nitrogen and oxygen atoms in total. The van der Waals surface area contributed by atoms with E-state index in [1.807, 2.05) is 44.2 Å². The number of methoxy groups -OCH3 is 1. The van der Waals surface area contributed by atoms with Crippen molar-refractivity contribution in [3.63, 3.8) is 0 Å². The fraction of sp³-hybridized carbons (Fsp3) is 0.417. The van der Waals surface area contributed by atoms with Crippen molar-refractivity contribution < 1.29 is 33.3 Å². The van der Waals surface area contributed by atoms with Gasteiger partial charge in [0.1, 0.15) is 18.0 Å². The number of esters is 2. The van der Waals surface area contributed by atoms with Crippen LogP contribution in [0.1, 0.15) is 51.0 Å². The Balaban J connectivity index is 2.05. The molecule has 0 amide bonds. The third-order valence-electron chi connectivity index (χ3n) is 4.75. The Morgan fingerprint density at radius 3 is 2.34 bits per heavy atom. The molecule has 0 N–H and O–H groups in total. The van der Waals surface area contributed by atoms with Crippen molar-refractivity contribution in [2.24, 2.45) is 5.92 Å². The van der Waals surface area contributed by atoms with Crippen molar-refractivity contribution in [1.82, 2.24) is 4.98 Å². The lowest BCUT2D eigenvalue weighted by molar-refractivity contribution is -0.158. The Hall–Kier alpha value is -3.42.